The molecule has 3 aliphatic rings. The Labute approximate surface area is 216 Å². The first-order valence-corrected chi connectivity index (χ1v) is 13.0. The molecule has 0 bridgehead atoms. The summed E-state index contributed by atoms with van der Waals surface area (Å²) in [5.41, 5.74) is 12.1. The molecule has 0 saturated heterocycles. The summed E-state index contributed by atoms with van der Waals surface area (Å²) < 4.78 is 0. The van der Waals surface area contributed by atoms with Crippen molar-refractivity contribution in [3.05, 3.63) is 142 Å². The van der Waals surface area contributed by atoms with E-state index in [0.29, 0.717) is 5.92 Å². The minimum Gasteiger partial charge on any atom is -0.383 e. The van der Waals surface area contributed by atoms with Gasteiger partial charge >= 0.3 is 0 Å². The van der Waals surface area contributed by atoms with Gasteiger partial charge in [-0.1, -0.05) is 98.8 Å². The van der Waals surface area contributed by atoms with Crippen molar-refractivity contribution in [1.82, 2.24) is 4.98 Å². The number of anilines is 3. The number of para-hydroxylation sites is 1. The second kappa shape index (κ2) is 7.18. The molecule has 0 radical (unpaired) electrons. The van der Waals surface area contributed by atoms with Gasteiger partial charge in [0.15, 0.2) is 0 Å². The number of aromatic nitrogens is 1. The van der Waals surface area contributed by atoms with Gasteiger partial charge in [-0.15, -0.1) is 0 Å². The fraction of sp³-hybridized carbons (Fsp3) is 0.147. The number of aliphatic hydroxyl groups excluding tert-OH is 1. The van der Waals surface area contributed by atoms with Crippen molar-refractivity contribution in [2.45, 2.75) is 31.3 Å². The van der Waals surface area contributed by atoms with E-state index in [0.717, 1.165) is 28.3 Å². The molecule has 2 aliphatic heterocycles. The standard InChI is InChI=1S/C34H26N2O/c1-20(2)21-16-17-24-30(19-21)36-31-25(32(24)37)11-7-14-28(31)34(29-15-8-18-35-33(29)36)26-12-5-3-9-22(26)23-10-4-6-13-27(23)34/h3-20,32,37H,1-2H3. The van der Waals surface area contributed by atoms with E-state index in [1.807, 2.05) is 6.20 Å². The number of aliphatic hydroxyl groups is 1. The Balaban J connectivity index is 1.55. The molecule has 1 unspecified atom stereocenters. The topological polar surface area (TPSA) is 36.4 Å². The fourth-order valence-corrected chi connectivity index (χ4v) is 7.02. The Morgan fingerprint density at radius 2 is 1.41 bits per heavy atom. The lowest BCUT2D eigenvalue weighted by Crippen LogP contribution is -2.39. The quantitative estimate of drug-likeness (QED) is 0.262. The fourth-order valence-electron chi connectivity index (χ4n) is 7.02. The van der Waals surface area contributed by atoms with Gasteiger partial charge in [-0.3, -0.25) is 4.90 Å². The van der Waals surface area contributed by atoms with E-state index in [2.05, 4.69) is 116 Å². The normalized spacial score (nSPS) is 17.2. The minimum absolute atomic E-state index is 0.381. The number of fused-ring (bicyclic) bond motifs is 11. The SMILES string of the molecule is CC(C)c1ccc2c(c1)N1c3ncccc3C3(c4ccccc4-c4ccccc43)c3cccc(c31)C2O. The molecule has 178 valence electrons. The van der Waals surface area contributed by atoms with Gasteiger partial charge in [-0.05, 0) is 51.4 Å². The average Bonchev–Trinajstić information content (AvgIpc) is 3.23. The number of nitrogens with zero attached hydrogens (tertiary/aromatic N) is 2. The summed E-state index contributed by atoms with van der Waals surface area (Å²) in [6.45, 7) is 4.42. The van der Waals surface area contributed by atoms with E-state index in [1.54, 1.807) is 0 Å². The Kier molecular flexibility index (Phi) is 4.06. The van der Waals surface area contributed by atoms with Crippen LogP contribution in [0.1, 0.15) is 64.8 Å². The molecular weight excluding hydrogens is 452 g/mol. The number of benzene rings is 4. The van der Waals surface area contributed by atoms with Crippen LogP contribution < -0.4 is 4.90 Å². The third-order valence-electron chi connectivity index (χ3n) is 8.60. The Bertz CT molecular complexity index is 1710. The highest BCUT2D eigenvalue weighted by Crippen LogP contribution is 2.65. The van der Waals surface area contributed by atoms with Gasteiger partial charge in [0.05, 0.1) is 16.8 Å². The van der Waals surface area contributed by atoms with Crippen LogP contribution in [0.2, 0.25) is 0 Å². The molecule has 3 heterocycles. The molecule has 8 rings (SSSR count). The Hall–Kier alpha value is -4.21. The second-order valence-corrected chi connectivity index (χ2v) is 10.7. The van der Waals surface area contributed by atoms with Crippen LogP contribution >= 0.6 is 0 Å². The van der Waals surface area contributed by atoms with Crippen LogP contribution in [0.15, 0.2) is 103 Å². The van der Waals surface area contributed by atoms with Crippen molar-refractivity contribution in [2.24, 2.45) is 0 Å². The summed E-state index contributed by atoms with van der Waals surface area (Å²) in [5.74, 6) is 1.31. The molecule has 3 nitrogen and oxygen atoms in total. The Morgan fingerprint density at radius 1 is 0.730 bits per heavy atom. The van der Waals surface area contributed by atoms with Crippen LogP contribution in [0.25, 0.3) is 11.1 Å². The average molecular weight is 479 g/mol. The highest BCUT2D eigenvalue weighted by Gasteiger charge is 2.53. The van der Waals surface area contributed by atoms with Gasteiger partial charge in [0, 0.05) is 22.9 Å². The van der Waals surface area contributed by atoms with Crippen LogP contribution in [0, 0.1) is 0 Å². The predicted molar refractivity (Wildman–Crippen MR) is 148 cm³/mol. The van der Waals surface area contributed by atoms with Gasteiger partial charge in [0.2, 0.25) is 0 Å². The van der Waals surface area contributed by atoms with Crippen molar-refractivity contribution in [3.8, 4) is 11.1 Å². The monoisotopic (exact) mass is 478 g/mol. The first-order valence-electron chi connectivity index (χ1n) is 13.0. The summed E-state index contributed by atoms with van der Waals surface area (Å²) in [6, 6.07) is 34.8. The van der Waals surface area contributed by atoms with Crippen LogP contribution in [0.5, 0.6) is 0 Å². The van der Waals surface area contributed by atoms with E-state index in [1.165, 1.54) is 38.9 Å². The predicted octanol–water partition coefficient (Wildman–Crippen LogP) is 7.75. The van der Waals surface area contributed by atoms with E-state index < -0.39 is 11.5 Å². The third kappa shape index (κ3) is 2.43. The van der Waals surface area contributed by atoms with Crippen molar-refractivity contribution >= 4 is 17.2 Å². The zero-order chi connectivity index (χ0) is 24.9. The molecule has 0 fully saturated rings. The van der Waals surface area contributed by atoms with Crippen molar-refractivity contribution in [3.63, 3.8) is 0 Å². The number of pyridine rings is 1. The summed E-state index contributed by atoms with van der Waals surface area (Å²) in [6.07, 6.45) is 1.20. The summed E-state index contributed by atoms with van der Waals surface area (Å²) in [7, 11) is 0. The summed E-state index contributed by atoms with van der Waals surface area (Å²) in [4.78, 5) is 7.36. The maximum Gasteiger partial charge on any atom is 0.142 e. The van der Waals surface area contributed by atoms with Gasteiger partial charge in [-0.25, -0.2) is 4.98 Å². The second-order valence-electron chi connectivity index (χ2n) is 10.7. The van der Waals surface area contributed by atoms with Gasteiger partial charge in [-0.2, -0.15) is 0 Å². The molecule has 1 aliphatic carbocycles. The van der Waals surface area contributed by atoms with Crippen LogP contribution in [-0.2, 0) is 5.41 Å². The summed E-state index contributed by atoms with van der Waals surface area (Å²) >= 11 is 0. The van der Waals surface area contributed by atoms with Crippen LogP contribution in [0.3, 0.4) is 0 Å². The van der Waals surface area contributed by atoms with E-state index in [9.17, 15) is 5.11 Å². The highest BCUT2D eigenvalue weighted by molar-refractivity contribution is 5.97. The molecular formula is C34H26N2O. The first-order chi connectivity index (χ1) is 18.1. The molecule has 0 amide bonds. The van der Waals surface area contributed by atoms with Gasteiger partial charge in [0.25, 0.3) is 0 Å². The van der Waals surface area contributed by atoms with E-state index >= 15 is 0 Å². The van der Waals surface area contributed by atoms with E-state index in [4.69, 9.17) is 4.98 Å². The molecule has 1 spiro atoms. The molecule has 5 aromatic rings. The lowest BCUT2D eigenvalue weighted by Gasteiger charge is -2.47. The van der Waals surface area contributed by atoms with Crippen LogP contribution in [0.4, 0.5) is 17.2 Å². The van der Waals surface area contributed by atoms with Gasteiger partial charge in [0.1, 0.15) is 11.9 Å². The zero-order valence-electron chi connectivity index (χ0n) is 20.8. The Morgan fingerprint density at radius 3 is 2.14 bits per heavy atom. The molecule has 37 heavy (non-hydrogen) atoms. The molecule has 1 aromatic heterocycles. The maximum absolute atomic E-state index is 11.7. The van der Waals surface area contributed by atoms with E-state index in [-0.39, 0.29) is 0 Å². The van der Waals surface area contributed by atoms with Crippen molar-refractivity contribution in [2.75, 3.05) is 4.90 Å². The maximum atomic E-state index is 11.7. The lowest BCUT2D eigenvalue weighted by atomic mass is 9.64. The first kappa shape index (κ1) is 20.9. The smallest absolute Gasteiger partial charge is 0.142 e. The number of hydrogen-bond donors (Lipinski definition) is 1. The zero-order valence-corrected chi connectivity index (χ0v) is 20.8. The minimum atomic E-state index is -0.698. The molecule has 4 aromatic carbocycles. The molecule has 1 atom stereocenters. The van der Waals surface area contributed by atoms with Crippen molar-refractivity contribution < 1.29 is 5.11 Å². The van der Waals surface area contributed by atoms with Crippen LogP contribution in [-0.4, -0.2) is 10.1 Å². The molecule has 3 heteroatoms. The molecule has 0 saturated carbocycles. The lowest BCUT2D eigenvalue weighted by molar-refractivity contribution is 0.219. The number of rotatable bonds is 1. The largest absolute Gasteiger partial charge is 0.383 e. The highest BCUT2D eigenvalue weighted by atomic mass is 16.3. The molecule has 1 N–H and O–H groups in total. The number of hydrogen-bond acceptors (Lipinski definition) is 3. The summed E-state index contributed by atoms with van der Waals surface area (Å²) in [5, 5.41) is 11.7. The third-order valence-corrected chi connectivity index (χ3v) is 8.60. The van der Waals surface area contributed by atoms with Crippen molar-refractivity contribution in [1.29, 1.82) is 0 Å². The van der Waals surface area contributed by atoms with Gasteiger partial charge < -0.3 is 5.11 Å².